The van der Waals surface area contributed by atoms with Crippen LogP contribution in [-0.2, 0) is 0 Å². The summed E-state index contributed by atoms with van der Waals surface area (Å²) in [6, 6.07) is 5.74. The molecule has 0 unspecified atom stereocenters. The van der Waals surface area contributed by atoms with Gasteiger partial charge in [-0.05, 0) is 37.0 Å². The van der Waals surface area contributed by atoms with E-state index >= 15 is 0 Å². The predicted molar refractivity (Wildman–Crippen MR) is 79.1 cm³/mol. The lowest BCUT2D eigenvalue weighted by molar-refractivity contribution is 0.0265. The number of rotatable bonds is 3. The standard InChI is InChI=1S/C15H21N3O2/c1-18(9-10-6-12(19)7-10)15(20)11-2-3-13-14(8-11)17-5-4-16-13/h2-3,8,10,12,16-17,19H,4-7,9H2,1H3. The van der Waals surface area contributed by atoms with Crippen molar-refractivity contribution in [3.05, 3.63) is 23.8 Å². The summed E-state index contributed by atoms with van der Waals surface area (Å²) in [4.78, 5) is 14.2. The van der Waals surface area contributed by atoms with Crippen LogP contribution in [0.25, 0.3) is 0 Å². The van der Waals surface area contributed by atoms with Gasteiger partial charge in [-0.3, -0.25) is 4.79 Å². The van der Waals surface area contributed by atoms with E-state index in [9.17, 15) is 9.90 Å². The van der Waals surface area contributed by atoms with Gasteiger partial charge >= 0.3 is 0 Å². The Labute approximate surface area is 119 Å². The summed E-state index contributed by atoms with van der Waals surface area (Å²) in [7, 11) is 1.83. The smallest absolute Gasteiger partial charge is 0.253 e. The minimum absolute atomic E-state index is 0.0431. The van der Waals surface area contributed by atoms with Crippen molar-refractivity contribution in [3.8, 4) is 0 Å². The second kappa shape index (κ2) is 5.32. The topological polar surface area (TPSA) is 64.6 Å². The normalized spacial score (nSPS) is 23.9. The van der Waals surface area contributed by atoms with Crippen LogP contribution in [0.3, 0.4) is 0 Å². The molecule has 20 heavy (non-hydrogen) atoms. The van der Waals surface area contributed by atoms with Crippen molar-refractivity contribution in [2.75, 3.05) is 37.3 Å². The first-order valence-corrected chi connectivity index (χ1v) is 7.19. The van der Waals surface area contributed by atoms with Crippen LogP contribution in [0.1, 0.15) is 23.2 Å². The summed E-state index contributed by atoms with van der Waals surface area (Å²) in [5, 5.41) is 15.9. The molecule has 0 aromatic heterocycles. The Kier molecular flexibility index (Phi) is 3.53. The average Bonchev–Trinajstić information content (AvgIpc) is 2.44. The molecule has 0 spiro atoms. The Morgan fingerprint density at radius 3 is 2.70 bits per heavy atom. The third-order valence-electron chi connectivity index (χ3n) is 4.11. The van der Waals surface area contributed by atoms with Crippen molar-refractivity contribution >= 4 is 17.3 Å². The Hall–Kier alpha value is -1.75. The third kappa shape index (κ3) is 2.58. The zero-order chi connectivity index (χ0) is 14.1. The predicted octanol–water partition coefficient (Wildman–Crippen LogP) is 1.37. The molecule has 1 fully saturated rings. The molecule has 1 aliphatic heterocycles. The fourth-order valence-corrected chi connectivity index (χ4v) is 2.91. The van der Waals surface area contributed by atoms with Gasteiger partial charge in [0.1, 0.15) is 0 Å². The highest BCUT2D eigenvalue weighted by atomic mass is 16.3. The highest BCUT2D eigenvalue weighted by Gasteiger charge is 2.29. The molecule has 0 saturated heterocycles. The molecular formula is C15H21N3O2. The van der Waals surface area contributed by atoms with Crippen molar-refractivity contribution in [1.29, 1.82) is 0 Å². The molecule has 108 valence electrons. The molecule has 1 saturated carbocycles. The monoisotopic (exact) mass is 275 g/mol. The summed E-state index contributed by atoms with van der Waals surface area (Å²) < 4.78 is 0. The second-order valence-electron chi connectivity index (χ2n) is 5.79. The summed E-state index contributed by atoms with van der Waals surface area (Å²) >= 11 is 0. The lowest BCUT2D eigenvalue weighted by atomic mass is 9.82. The van der Waals surface area contributed by atoms with Crippen LogP contribution in [0.5, 0.6) is 0 Å². The van der Waals surface area contributed by atoms with Crippen LogP contribution in [-0.4, -0.2) is 48.7 Å². The van der Waals surface area contributed by atoms with Gasteiger partial charge in [0.05, 0.1) is 17.5 Å². The molecule has 0 bridgehead atoms. The molecule has 3 N–H and O–H groups in total. The second-order valence-corrected chi connectivity index (χ2v) is 5.79. The lowest BCUT2D eigenvalue weighted by Gasteiger charge is -2.34. The number of carbonyl (C=O) groups excluding carboxylic acids is 1. The molecule has 1 amide bonds. The first-order chi connectivity index (χ1) is 9.63. The van der Waals surface area contributed by atoms with Crippen LogP contribution in [0.2, 0.25) is 0 Å². The quantitative estimate of drug-likeness (QED) is 0.779. The zero-order valence-corrected chi connectivity index (χ0v) is 11.7. The maximum Gasteiger partial charge on any atom is 0.253 e. The first-order valence-electron chi connectivity index (χ1n) is 7.19. The van der Waals surface area contributed by atoms with E-state index in [2.05, 4.69) is 10.6 Å². The van der Waals surface area contributed by atoms with Crippen LogP contribution in [0.15, 0.2) is 18.2 Å². The van der Waals surface area contributed by atoms with Gasteiger partial charge in [0, 0.05) is 32.2 Å². The van der Waals surface area contributed by atoms with E-state index in [1.165, 1.54) is 0 Å². The number of hydrogen-bond acceptors (Lipinski definition) is 4. The number of hydrogen-bond donors (Lipinski definition) is 3. The van der Waals surface area contributed by atoms with Crippen molar-refractivity contribution in [1.82, 2.24) is 4.90 Å². The molecule has 5 heteroatoms. The van der Waals surface area contributed by atoms with E-state index in [1.54, 1.807) is 4.90 Å². The molecule has 0 atom stereocenters. The Bertz CT molecular complexity index is 512. The molecule has 1 heterocycles. The fraction of sp³-hybridized carbons (Fsp3) is 0.533. The molecule has 0 radical (unpaired) electrons. The maximum absolute atomic E-state index is 12.4. The molecule has 1 aromatic carbocycles. The van der Waals surface area contributed by atoms with Crippen LogP contribution < -0.4 is 10.6 Å². The lowest BCUT2D eigenvalue weighted by Crippen LogP contribution is -2.39. The number of nitrogens with zero attached hydrogens (tertiary/aromatic N) is 1. The van der Waals surface area contributed by atoms with Crippen LogP contribution >= 0.6 is 0 Å². The van der Waals surface area contributed by atoms with E-state index in [-0.39, 0.29) is 12.0 Å². The molecule has 2 aliphatic rings. The minimum atomic E-state index is -0.164. The molecule has 3 rings (SSSR count). The van der Waals surface area contributed by atoms with E-state index in [0.29, 0.717) is 11.5 Å². The number of nitrogens with one attached hydrogen (secondary N) is 2. The summed E-state index contributed by atoms with van der Waals surface area (Å²) in [6.45, 7) is 2.50. The van der Waals surface area contributed by atoms with Gasteiger partial charge in [-0.2, -0.15) is 0 Å². The fourth-order valence-electron chi connectivity index (χ4n) is 2.91. The van der Waals surface area contributed by atoms with Crippen LogP contribution in [0, 0.1) is 5.92 Å². The van der Waals surface area contributed by atoms with Crippen LogP contribution in [0.4, 0.5) is 11.4 Å². The van der Waals surface area contributed by atoms with E-state index in [4.69, 9.17) is 0 Å². The molecule has 1 aliphatic carbocycles. The number of benzene rings is 1. The van der Waals surface area contributed by atoms with Gasteiger partial charge in [-0.1, -0.05) is 0 Å². The Morgan fingerprint density at radius 2 is 2.00 bits per heavy atom. The number of aliphatic hydroxyl groups excluding tert-OH is 1. The van der Waals surface area contributed by atoms with Gasteiger partial charge < -0.3 is 20.6 Å². The molecule has 5 nitrogen and oxygen atoms in total. The minimum Gasteiger partial charge on any atom is -0.393 e. The maximum atomic E-state index is 12.4. The van der Waals surface area contributed by atoms with Gasteiger partial charge in [-0.25, -0.2) is 0 Å². The van der Waals surface area contributed by atoms with Crippen molar-refractivity contribution in [2.24, 2.45) is 5.92 Å². The first kappa shape index (κ1) is 13.2. The number of fused-ring (bicyclic) bond motifs is 1. The summed E-state index contributed by atoms with van der Waals surface area (Å²) in [5.74, 6) is 0.484. The summed E-state index contributed by atoms with van der Waals surface area (Å²) in [5.41, 5.74) is 2.76. The number of aliphatic hydroxyl groups is 1. The number of amides is 1. The zero-order valence-electron chi connectivity index (χ0n) is 11.7. The summed E-state index contributed by atoms with van der Waals surface area (Å²) in [6.07, 6.45) is 1.46. The Morgan fingerprint density at radius 1 is 1.30 bits per heavy atom. The van der Waals surface area contributed by atoms with Gasteiger partial charge in [0.15, 0.2) is 0 Å². The SMILES string of the molecule is CN(CC1CC(O)C1)C(=O)c1ccc2c(c1)NCCN2. The van der Waals surface area contributed by atoms with Crippen molar-refractivity contribution in [2.45, 2.75) is 18.9 Å². The number of carbonyl (C=O) groups is 1. The molecular weight excluding hydrogens is 254 g/mol. The van der Waals surface area contributed by atoms with Gasteiger partial charge in [0.2, 0.25) is 0 Å². The van der Waals surface area contributed by atoms with Gasteiger partial charge in [-0.15, -0.1) is 0 Å². The largest absolute Gasteiger partial charge is 0.393 e. The highest BCUT2D eigenvalue weighted by Crippen LogP contribution is 2.29. The average molecular weight is 275 g/mol. The third-order valence-corrected chi connectivity index (χ3v) is 4.11. The van der Waals surface area contributed by atoms with Gasteiger partial charge in [0.25, 0.3) is 5.91 Å². The van der Waals surface area contributed by atoms with Crippen molar-refractivity contribution < 1.29 is 9.90 Å². The molecule has 1 aromatic rings. The van der Waals surface area contributed by atoms with E-state index < -0.39 is 0 Å². The number of anilines is 2. The van der Waals surface area contributed by atoms with E-state index in [0.717, 1.165) is 43.9 Å². The van der Waals surface area contributed by atoms with Crippen molar-refractivity contribution in [3.63, 3.8) is 0 Å². The Balaban J connectivity index is 1.67. The van der Waals surface area contributed by atoms with E-state index in [1.807, 2.05) is 25.2 Å². The highest BCUT2D eigenvalue weighted by molar-refractivity contribution is 5.96.